The lowest BCUT2D eigenvalue weighted by atomic mass is 10.1. The van der Waals surface area contributed by atoms with Gasteiger partial charge in [0.2, 0.25) is 0 Å². The van der Waals surface area contributed by atoms with Crippen molar-refractivity contribution in [2.45, 2.75) is 58.4 Å². The van der Waals surface area contributed by atoms with Gasteiger partial charge < -0.3 is 26.4 Å². The Labute approximate surface area is 138 Å². The van der Waals surface area contributed by atoms with E-state index in [0.29, 0.717) is 12.6 Å². The summed E-state index contributed by atoms with van der Waals surface area (Å²) >= 11 is 0. The van der Waals surface area contributed by atoms with Gasteiger partial charge in [0.05, 0.1) is 6.61 Å². The normalized spacial score (nSPS) is 12.7. The second kappa shape index (κ2) is 18.8. The summed E-state index contributed by atoms with van der Waals surface area (Å²) in [4.78, 5) is 0. The summed E-state index contributed by atoms with van der Waals surface area (Å²) in [5.41, 5.74) is 5.41. The molecule has 0 rings (SSSR count). The van der Waals surface area contributed by atoms with Crippen LogP contribution in [-0.2, 0) is 4.74 Å². The molecule has 0 amide bonds. The van der Waals surface area contributed by atoms with Crippen LogP contribution in [0, 0.1) is 0 Å². The Morgan fingerprint density at radius 3 is 2.23 bits per heavy atom. The highest BCUT2D eigenvalue weighted by molar-refractivity contribution is 4.61. The molecule has 134 valence electrons. The molecule has 5 heteroatoms. The van der Waals surface area contributed by atoms with Crippen molar-refractivity contribution in [2.75, 3.05) is 52.5 Å². The molecule has 1 atom stereocenters. The van der Waals surface area contributed by atoms with E-state index in [1.54, 1.807) is 0 Å². The van der Waals surface area contributed by atoms with E-state index in [-0.39, 0.29) is 0 Å². The lowest BCUT2D eigenvalue weighted by Gasteiger charge is -2.14. The maximum Gasteiger partial charge on any atom is 0.0616 e. The summed E-state index contributed by atoms with van der Waals surface area (Å²) in [6.07, 6.45) is 7.94. The summed E-state index contributed by atoms with van der Waals surface area (Å²) in [7, 11) is 0. The van der Waals surface area contributed by atoms with E-state index in [1.165, 1.54) is 38.5 Å². The Morgan fingerprint density at radius 2 is 1.50 bits per heavy atom. The van der Waals surface area contributed by atoms with Gasteiger partial charge in [0.15, 0.2) is 0 Å². The van der Waals surface area contributed by atoms with Crippen molar-refractivity contribution in [3.63, 3.8) is 0 Å². The number of nitrogens with one attached hydrogen (secondary N) is 3. The smallest absolute Gasteiger partial charge is 0.0616 e. The van der Waals surface area contributed by atoms with Crippen molar-refractivity contribution in [1.82, 2.24) is 16.0 Å². The number of rotatable bonds is 18. The SMILES string of the molecule is CCCCCCCCOCC(C)NCCNCCNCCN. The first kappa shape index (κ1) is 21.8. The first-order valence-corrected chi connectivity index (χ1v) is 9.23. The molecule has 0 aliphatic carbocycles. The molecular weight excluding hydrogens is 276 g/mol. The van der Waals surface area contributed by atoms with Gasteiger partial charge in [0.25, 0.3) is 0 Å². The minimum Gasteiger partial charge on any atom is -0.380 e. The van der Waals surface area contributed by atoms with Gasteiger partial charge in [-0.3, -0.25) is 0 Å². The van der Waals surface area contributed by atoms with Crippen molar-refractivity contribution < 1.29 is 4.74 Å². The molecule has 5 N–H and O–H groups in total. The second-order valence-corrected chi connectivity index (χ2v) is 5.99. The van der Waals surface area contributed by atoms with Crippen LogP contribution in [0.4, 0.5) is 0 Å². The van der Waals surface area contributed by atoms with Gasteiger partial charge in [-0.05, 0) is 13.3 Å². The van der Waals surface area contributed by atoms with Crippen molar-refractivity contribution in [3.05, 3.63) is 0 Å². The molecule has 0 aliphatic heterocycles. The minimum atomic E-state index is 0.428. The molecule has 0 aromatic rings. The molecule has 22 heavy (non-hydrogen) atoms. The van der Waals surface area contributed by atoms with E-state index in [1.807, 2.05) is 0 Å². The predicted molar refractivity (Wildman–Crippen MR) is 96.5 cm³/mol. The molecule has 0 saturated heterocycles. The number of hydrogen-bond donors (Lipinski definition) is 4. The van der Waals surface area contributed by atoms with Crippen LogP contribution in [0.3, 0.4) is 0 Å². The maximum atomic E-state index is 5.72. The third-order valence-electron chi connectivity index (χ3n) is 3.60. The summed E-state index contributed by atoms with van der Waals surface area (Å²) in [5, 5.41) is 10.1. The highest BCUT2D eigenvalue weighted by Gasteiger charge is 2.00. The van der Waals surface area contributed by atoms with Crippen LogP contribution < -0.4 is 21.7 Å². The molecular formula is C17H40N4O. The number of hydrogen-bond acceptors (Lipinski definition) is 5. The lowest BCUT2D eigenvalue weighted by molar-refractivity contribution is 0.112. The zero-order valence-corrected chi connectivity index (χ0v) is 15.0. The third kappa shape index (κ3) is 17.9. The van der Waals surface area contributed by atoms with Gasteiger partial charge >= 0.3 is 0 Å². The average Bonchev–Trinajstić information content (AvgIpc) is 2.52. The zero-order valence-electron chi connectivity index (χ0n) is 15.0. The Morgan fingerprint density at radius 1 is 0.864 bits per heavy atom. The number of unbranched alkanes of at least 4 members (excludes halogenated alkanes) is 5. The molecule has 0 aliphatic rings. The molecule has 0 saturated carbocycles. The van der Waals surface area contributed by atoms with Gasteiger partial charge in [-0.25, -0.2) is 0 Å². The summed E-state index contributed by atoms with van der Waals surface area (Å²) in [6, 6.07) is 0.428. The van der Waals surface area contributed by atoms with Gasteiger partial charge in [-0.1, -0.05) is 39.0 Å². The van der Waals surface area contributed by atoms with Gasteiger partial charge in [-0.15, -0.1) is 0 Å². The van der Waals surface area contributed by atoms with Crippen LogP contribution in [0.2, 0.25) is 0 Å². The fraction of sp³-hybridized carbons (Fsp3) is 1.00. The third-order valence-corrected chi connectivity index (χ3v) is 3.60. The van der Waals surface area contributed by atoms with E-state index in [9.17, 15) is 0 Å². The highest BCUT2D eigenvalue weighted by Crippen LogP contribution is 2.04. The molecule has 0 fully saturated rings. The topological polar surface area (TPSA) is 71.3 Å². The predicted octanol–water partition coefficient (Wildman–Crippen LogP) is 1.48. The van der Waals surface area contributed by atoms with Gasteiger partial charge in [0, 0.05) is 51.9 Å². The molecule has 0 radical (unpaired) electrons. The first-order chi connectivity index (χ1) is 10.8. The van der Waals surface area contributed by atoms with Crippen molar-refractivity contribution in [2.24, 2.45) is 5.73 Å². The summed E-state index contributed by atoms with van der Waals surface area (Å²) in [6.45, 7) is 11.7. The van der Waals surface area contributed by atoms with Gasteiger partial charge in [-0.2, -0.15) is 0 Å². The van der Waals surface area contributed by atoms with Gasteiger partial charge in [0.1, 0.15) is 0 Å². The largest absolute Gasteiger partial charge is 0.380 e. The highest BCUT2D eigenvalue weighted by atomic mass is 16.5. The fourth-order valence-corrected chi connectivity index (χ4v) is 2.24. The van der Waals surface area contributed by atoms with E-state index < -0.39 is 0 Å². The van der Waals surface area contributed by atoms with Crippen molar-refractivity contribution >= 4 is 0 Å². The summed E-state index contributed by atoms with van der Waals surface area (Å²) in [5.74, 6) is 0. The standard InChI is InChI=1S/C17H40N4O/c1-3-4-5-6-7-8-15-22-16-17(2)21-14-13-20-12-11-19-10-9-18/h17,19-21H,3-16,18H2,1-2H3. The van der Waals surface area contributed by atoms with E-state index in [0.717, 1.165) is 45.9 Å². The first-order valence-electron chi connectivity index (χ1n) is 9.23. The Hall–Kier alpha value is -0.200. The van der Waals surface area contributed by atoms with E-state index >= 15 is 0 Å². The number of ether oxygens (including phenoxy) is 1. The fourth-order valence-electron chi connectivity index (χ4n) is 2.24. The summed E-state index contributed by atoms with van der Waals surface area (Å²) < 4.78 is 5.72. The molecule has 5 nitrogen and oxygen atoms in total. The molecule has 0 bridgehead atoms. The van der Waals surface area contributed by atoms with Crippen LogP contribution in [0.25, 0.3) is 0 Å². The Kier molecular flexibility index (Phi) is 18.7. The van der Waals surface area contributed by atoms with Crippen LogP contribution in [0.1, 0.15) is 52.4 Å². The quantitative estimate of drug-likeness (QED) is 0.288. The molecule has 0 aromatic carbocycles. The maximum absolute atomic E-state index is 5.72. The molecule has 0 aromatic heterocycles. The molecule has 0 spiro atoms. The zero-order chi connectivity index (χ0) is 16.3. The lowest BCUT2D eigenvalue weighted by Crippen LogP contribution is -2.38. The minimum absolute atomic E-state index is 0.428. The van der Waals surface area contributed by atoms with Crippen LogP contribution in [-0.4, -0.2) is 58.5 Å². The molecule has 0 heterocycles. The Balaban J connectivity index is 3.11. The van der Waals surface area contributed by atoms with Crippen LogP contribution in [0.5, 0.6) is 0 Å². The van der Waals surface area contributed by atoms with E-state index in [4.69, 9.17) is 10.5 Å². The van der Waals surface area contributed by atoms with Crippen LogP contribution >= 0.6 is 0 Å². The molecule has 1 unspecified atom stereocenters. The van der Waals surface area contributed by atoms with Crippen LogP contribution in [0.15, 0.2) is 0 Å². The number of nitrogens with two attached hydrogens (primary N) is 1. The van der Waals surface area contributed by atoms with Crippen molar-refractivity contribution in [3.8, 4) is 0 Å². The average molecular weight is 317 g/mol. The monoisotopic (exact) mass is 316 g/mol. The Bertz CT molecular complexity index is 185. The van der Waals surface area contributed by atoms with E-state index in [2.05, 4.69) is 29.8 Å². The second-order valence-electron chi connectivity index (χ2n) is 5.99. The van der Waals surface area contributed by atoms with Crippen molar-refractivity contribution in [1.29, 1.82) is 0 Å².